The van der Waals surface area contributed by atoms with Gasteiger partial charge in [0, 0.05) is 5.69 Å². The highest BCUT2D eigenvalue weighted by molar-refractivity contribution is 8.26. The number of aryl methyl sites for hydroxylation is 1. The van der Waals surface area contributed by atoms with Gasteiger partial charge in [-0.25, -0.2) is 0 Å². The number of carboxylic acids is 1. The Hall–Kier alpha value is -3.37. The first-order valence-electron chi connectivity index (χ1n) is 10.00. The monoisotopic (exact) mass is 486 g/mol. The molecule has 1 saturated heterocycles. The van der Waals surface area contributed by atoms with Crippen LogP contribution in [0.15, 0.2) is 47.4 Å². The van der Waals surface area contributed by atoms with Gasteiger partial charge in [0.2, 0.25) is 0 Å². The van der Waals surface area contributed by atoms with Crippen LogP contribution < -0.4 is 14.8 Å². The third kappa shape index (κ3) is 6.56. The number of anilines is 1. The highest BCUT2D eigenvalue weighted by atomic mass is 32.2. The molecule has 0 bridgehead atoms. The number of hydrogen-bond acceptors (Lipinski definition) is 7. The minimum Gasteiger partial charge on any atom is -0.490 e. The highest BCUT2D eigenvalue weighted by Crippen LogP contribution is 2.34. The van der Waals surface area contributed by atoms with Gasteiger partial charge >= 0.3 is 5.97 Å². The lowest BCUT2D eigenvalue weighted by molar-refractivity contribution is -0.140. The van der Waals surface area contributed by atoms with Crippen LogP contribution in [-0.4, -0.2) is 51.9 Å². The topological polar surface area (TPSA) is 105 Å². The van der Waals surface area contributed by atoms with Gasteiger partial charge in [-0.2, -0.15) is 0 Å². The summed E-state index contributed by atoms with van der Waals surface area (Å²) >= 11 is 6.15. The zero-order valence-electron chi connectivity index (χ0n) is 18.0. The Morgan fingerprint density at radius 3 is 2.55 bits per heavy atom. The molecule has 2 aromatic rings. The van der Waals surface area contributed by atoms with Gasteiger partial charge in [-0.1, -0.05) is 47.7 Å². The number of thiocarbonyl (C=S) groups is 1. The third-order valence-corrected chi connectivity index (χ3v) is 5.80. The van der Waals surface area contributed by atoms with E-state index < -0.39 is 18.4 Å². The average molecular weight is 487 g/mol. The molecular weight excluding hydrogens is 464 g/mol. The quantitative estimate of drug-likeness (QED) is 0.408. The number of nitrogens with zero attached hydrogens (tertiary/aromatic N) is 1. The van der Waals surface area contributed by atoms with E-state index in [2.05, 4.69) is 5.32 Å². The number of amides is 2. The molecule has 1 aliphatic rings. The molecule has 8 nitrogen and oxygen atoms in total. The second kappa shape index (κ2) is 11.0. The molecule has 2 amide bonds. The summed E-state index contributed by atoms with van der Waals surface area (Å²) in [6.45, 7) is 3.46. The molecule has 3 rings (SSSR count). The Balaban J connectivity index is 1.70. The van der Waals surface area contributed by atoms with Crippen LogP contribution in [-0.2, 0) is 14.4 Å². The van der Waals surface area contributed by atoms with E-state index in [4.69, 9.17) is 26.8 Å². The molecule has 0 aliphatic carbocycles. The van der Waals surface area contributed by atoms with Crippen molar-refractivity contribution in [3.05, 3.63) is 58.5 Å². The zero-order valence-corrected chi connectivity index (χ0v) is 19.6. The van der Waals surface area contributed by atoms with Crippen molar-refractivity contribution in [1.82, 2.24) is 4.90 Å². The van der Waals surface area contributed by atoms with E-state index in [1.165, 1.54) is 0 Å². The Morgan fingerprint density at radius 1 is 1.15 bits per heavy atom. The maximum atomic E-state index is 12.5. The lowest BCUT2D eigenvalue weighted by Crippen LogP contribution is -2.33. The predicted octanol–water partition coefficient (Wildman–Crippen LogP) is 3.70. The SMILES string of the molecule is CCOc1cc(/C=C2/SC(=S)N(CC(=O)O)C2=O)ccc1OCC(=O)Nc1ccc(C)cc1. The summed E-state index contributed by atoms with van der Waals surface area (Å²) in [5.41, 5.74) is 2.41. The van der Waals surface area contributed by atoms with Gasteiger partial charge in [-0.3, -0.25) is 19.3 Å². The standard InChI is InChI=1S/C23H22N2O6S2/c1-3-30-18-10-15(11-19-22(29)25(12-21(27)28)23(32)33-19)6-9-17(18)31-13-20(26)24-16-7-4-14(2)5-8-16/h4-11H,3,12-13H2,1-2H3,(H,24,26)(H,27,28)/b19-11+. The largest absolute Gasteiger partial charge is 0.490 e. The maximum Gasteiger partial charge on any atom is 0.323 e. The molecule has 0 unspecified atom stereocenters. The van der Waals surface area contributed by atoms with Gasteiger partial charge in [0.25, 0.3) is 11.8 Å². The summed E-state index contributed by atoms with van der Waals surface area (Å²) in [5.74, 6) is -1.12. The van der Waals surface area contributed by atoms with Crippen molar-refractivity contribution in [2.45, 2.75) is 13.8 Å². The molecule has 1 aliphatic heterocycles. The van der Waals surface area contributed by atoms with Gasteiger partial charge in [0.05, 0.1) is 11.5 Å². The fraction of sp³-hybridized carbons (Fsp3) is 0.217. The summed E-state index contributed by atoms with van der Waals surface area (Å²) < 4.78 is 11.5. The minimum absolute atomic E-state index is 0.193. The molecule has 0 aromatic heterocycles. The van der Waals surface area contributed by atoms with Crippen LogP contribution in [0, 0.1) is 6.92 Å². The van der Waals surface area contributed by atoms with Crippen molar-refractivity contribution < 1.29 is 29.0 Å². The van der Waals surface area contributed by atoms with Crippen LogP contribution in [0.25, 0.3) is 6.08 Å². The van der Waals surface area contributed by atoms with E-state index in [0.717, 1.165) is 22.2 Å². The van der Waals surface area contributed by atoms with Crippen molar-refractivity contribution in [3.63, 3.8) is 0 Å². The van der Waals surface area contributed by atoms with E-state index in [9.17, 15) is 14.4 Å². The van der Waals surface area contributed by atoms with Gasteiger partial charge in [0.15, 0.2) is 18.1 Å². The molecule has 0 atom stereocenters. The highest BCUT2D eigenvalue weighted by Gasteiger charge is 2.33. The number of ether oxygens (including phenoxy) is 2. The summed E-state index contributed by atoms with van der Waals surface area (Å²) in [6, 6.07) is 12.5. The first kappa shape index (κ1) is 24.3. The fourth-order valence-corrected chi connectivity index (χ4v) is 4.16. The van der Waals surface area contributed by atoms with E-state index in [1.54, 1.807) is 24.3 Å². The number of nitrogens with one attached hydrogen (secondary N) is 1. The van der Waals surface area contributed by atoms with Crippen LogP contribution in [0.3, 0.4) is 0 Å². The lowest BCUT2D eigenvalue weighted by atomic mass is 10.2. The van der Waals surface area contributed by atoms with Crippen LogP contribution in [0.4, 0.5) is 5.69 Å². The summed E-state index contributed by atoms with van der Waals surface area (Å²) in [4.78, 5) is 37.0. The van der Waals surface area contributed by atoms with Gasteiger partial charge in [-0.05, 0) is 49.8 Å². The Bertz CT molecular complexity index is 1110. The number of hydrogen-bond donors (Lipinski definition) is 2. The smallest absolute Gasteiger partial charge is 0.323 e. The van der Waals surface area contributed by atoms with Crippen LogP contribution in [0.1, 0.15) is 18.1 Å². The Morgan fingerprint density at radius 2 is 1.88 bits per heavy atom. The molecule has 2 N–H and O–H groups in total. The molecule has 33 heavy (non-hydrogen) atoms. The van der Waals surface area contributed by atoms with Gasteiger partial charge in [0.1, 0.15) is 10.9 Å². The molecule has 0 spiro atoms. The average Bonchev–Trinajstić information content (AvgIpc) is 3.02. The molecule has 0 radical (unpaired) electrons. The van der Waals surface area contributed by atoms with Gasteiger partial charge < -0.3 is 19.9 Å². The molecule has 172 valence electrons. The van der Waals surface area contributed by atoms with Crippen molar-refractivity contribution in [2.24, 2.45) is 0 Å². The van der Waals surface area contributed by atoms with Crippen LogP contribution in [0.2, 0.25) is 0 Å². The number of carbonyl (C=O) groups excluding carboxylic acids is 2. The maximum absolute atomic E-state index is 12.5. The first-order chi connectivity index (χ1) is 15.8. The second-order valence-corrected chi connectivity index (χ2v) is 8.68. The van der Waals surface area contributed by atoms with E-state index in [-0.39, 0.29) is 16.8 Å². The molecular formula is C23H22N2O6S2. The lowest BCUT2D eigenvalue weighted by Gasteiger charge is -2.13. The van der Waals surface area contributed by atoms with Gasteiger partial charge in [-0.15, -0.1) is 0 Å². The number of aliphatic carboxylic acids is 1. The van der Waals surface area contributed by atoms with Crippen molar-refractivity contribution in [2.75, 3.05) is 25.1 Å². The number of rotatable bonds is 9. The van der Waals surface area contributed by atoms with E-state index in [0.29, 0.717) is 34.3 Å². The number of benzene rings is 2. The van der Waals surface area contributed by atoms with E-state index in [1.807, 2.05) is 38.1 Å². The van der Waals surface area contributed by atoms with Crippen molar-refractivity contribution in [3.8, 4) is 11.5 Å². The molecule has 1 fully saturated rings. The van der Waals surface area contributed by atoms with Crippen LogP contribution in [0.5, 0.6) is 11.5 Å². The Kier molecular flexibility index (Phi) is 8.07. The second-order valence-electron chi connectivity index (χ2n) is 7.00. The van der Waals surface area contributed by atoms with E-state index >= 15 is 0 Å². The molecule has 2 aromatic carbocycles. The Labute approximate surface area is 200 Å². The number of thioether (sulfide) groups is 1. The minimum atomic E-state index is -1.14. The molecule has 1 heterocycles. The van der Waals surface area contributed by atoms with Crippen molar-refractivity contribution in [1.29, 1.82) is 0 Å². The molecule has 10 heteroatoms. The predicted molar refractivity (Wildman–Crippen MR) is 130 cm³/mol. The van der Waals surface area contributed by atoms with Crippen molar-refractivity contribution >= 4 is 57.8 Å². The summed E-state index contributed by atoms with van der Waals surface area (Å²) in [6.07, 6.45) is 1.61. The third-order valence-electron chi connectivity index (χ3n) is 4.43. The van der Waals surface area contributed by atoms with Crippen LogP contribution >= 0.6 is 24.0 Å². The number of carbonyl (C=O) groups is 3. The fourth-order valence-electron chi connectivity index (χ4n) is 2.90. The normalized spacial score (nSPS) is 14.5. The molecule has 0 saturated carbocycles. The first-order valence-corrected chi connectivity index (χ1v) is 11.2. The summed E-state index contributed by atoms with van der Waals surface area (Å²) in [5, 5.41) is 11.7. The number of carboxylic acid groups (broad SMARTS) is 1. The summed E-state index contributed by atoms with van der Waals surface area (Å²) in [7, 11) is 0. The zero-order chi connectivity index (χ0) is 24.0.